The maximum atomic E-state index is 11.3. The van der Waals surface area contributed by atoms with Crippen molar-refractivity contribution >= 4 is 17.8 Å². The summed E-state index contributed by atoms with van der Waals surface area (Å²) in [6.45, 7) is 1.51. The molecule has 1 amide bonds. The van der Waals surface area contributed by atoms with Crippen molar-refractivity contribution in [1.82, 2.24) is 20.5 Å². The van der Waals surface area contributed by atoms with Crippen LogP contribution < -0.4 is 11.1 Å². The zero-order valence-electron chi connectivity index (χ0n) is 8.02. The fraction of sp³-hybridized carbons (Fsp3) is 0.429. The number of aromatic amines is 1. The molecule has 0 fully saturated rings. The first-order valence-corrected chi connectivity index (χ1v) is 4.19. The summed E-state index contributed by atoms with van der Waals surface area (Å²) in [5.74, 6) is -2.24. The predicted molar refractivity (Wildman–Crippen MR) is 49.9 cm³/mol. The summed E-state index contributed by atoms with van der Waals surface area (Å²) in [7, 11) is 0. The van der Waals surface area contributed by atoms with Crippen molar-refractivity contribution in [2.24, 2.45) is 5.92 Å². The molecule has 8 heteroatoms. The largest absolute Gasteiger partial charge is 0.481 e. The Bertz CT molecular complexity index is 374. The highest BCUT2D eigenvalue weighted by Gasteiger charge is 2.15. The molecule has 0 bridgehead atoms. The van der Waals surface area contributed by atoms with Crippen LogP contribution in [-0.4, -0.2) is 38.7 Å². The Kier molecular flexibility index (Phi) is 3.21. The topological polar surface area (TPSA) is 134 Å². The third-order valence-corrected chi connectivity index (χ3v) is 1.71. The number of nitrogens with zero attached hydrogens (tertiary/aromatic N) is 2. The summed E-state index contributed by atoms with van der Waals surface area (Å²) < 4.78 is 0. The molecule has 15 heavy (non-hydrogen) atoms. The van der Waals surface area contributed by atoms with Crippen LogP contribution in [0.25, 0.3) is 0 Å². The van der Waals surface area contributed by atoms with E-state index in [0.29, 0.717) is 0 Å². The standard InChI is InChI=1S/C7H11N5O3/c1-3(6(14)15)2-9-5(13)4-10-7(8)12-11-4/h3H,2H2,1H3,(H,9,13)(H,14,15)(H3,8,10,11,12). The molecule has 0 saturated heterocycles. The van der Waals surface area contributed by atoms with Gasteiger partial charge in [0.05, 0.1) is 5.92 Å². The van der Waals surface area contributed by atoms with E-state index in [4.69, 9.17) is 10.8 Å². The number of carbonyl (C=O) groups is 2. The van der Waals surface area contributed by atoms with Gasteiger partial charge in [-0.1, -0.05) is 6.92 Å². The minimum absolute atomic E-state index is 0.0226. The van der Waals surface area contributed by atoms with Crippen molar-refractivity contribution in [2.45, 2.75) is 6.92 Å². The van der Waals surface area contributed by atoms with Crippen LogP contribution in [0.15, 0.2) is 0 Å². The van der Waals surface area contributed by atoms with Crippen LogP contribution in [-0.2, 0) is 4.79 Å². The number of nitrogen functional groups attached to an aromatic ring is 1. The number of rotatable bonds is 4. The van der Waals surface area contributed by atoms with Crippen LogP contribution >= 0.6 is 0 Å². The van der Waals surface area contributed by atoms with Crippen LogP contribution in [0.5, 0.6) is 0 Å². The van der Waals surface area contributed by atoms with Crippen molar-refractivity contribution in [1.29, 1.82) is 0 Å². The predicted octanol–water partition coefficient (Wildman–Crippen LogP) is -1.16. The van der Waals surface area contributed by atoms with Crippen LogP contribution in [0, 0.1) is 5.92 Å². The molecule has 1 unspecified atom stereocenters. The van der Waals surface area contributed by atoms with Gasteiger partial charge in [-0.05, 0) is 0 Å². The maximum Gasteiger partial charge on any atom is 0.308 e. The Balaban J connectivity index is 2.47. The number of nitrogens with two attached hydrogens (primary N) is 1. The summed E-state index contributed by atoms with van der Waals surface area (Å²) in [5.41, 5.74) is 5.19. The van der Waals surface area contributed by atoms with E-state index in [1.54, 1.807) is 0 Å². The molecule has 0 aromatic carbocycles. The minimum Gasteiger partial charge on any atom is -0.481 e. The number of H-pyrrole nitrogens is 1. The summed E-state index contributed by atoms with van der Waals surface area (Å²) in [6.07, 6.45) is 0. The Morgan fingerprint density at radius 3 is 2.80 bits per heavy atom. The van der Waals surface area contributed by atoms with E-state index in [2.05, 4.69) is 20.5 Å². The fourth-order valence-electron chi connectivity index (χ4n) is 0.793. The van der Waals surface area contributed by atoms with Gasteiger partial charge in [0.1, 0.15) is 0 Å². The van der Waals surface area contributed by atoms with Gasteiger partial charge in [0.25, 0.3) is 5.91 Å². The lowest BCUT2D eigenvalue weighted by Gasteiger charge is -2.06. The van der Waals surface area contributed by atoms with Gasteiger partial charge < -0.3 is 16.2 Å². The highest BCUT2D eigenvalue weighted by Crippen LogP contribution is 1.95. The molecule has 5 N–H and O–H groups in total. The lowest BCUT2D eigenvalue weighted by atomic mass is 10.2. The van der Waals surface area contributed by atoms with Crippen LogP contribution in [0.2, 0.25) is 0 Å². The second-order valence-corrected chi connectivity index (χ2v) is 2.99. The van der Waals surface area contributed by atoms with Gasteiger partial charge in [0.15, 0.2) is 0 Å². The highest BCUT2D eigenvalue weighted by molar-refractivity contribution is 5.90. The van der Waals surface area contributed by atoms with Gasteiger partial charge in [0.2, 0.25) is 11.8 Å². The van der Waals surface area contributed by atoms with Gasteiger partial charge in [-0.25, -0.2) is 0 Å². The van der Waals surface area contributed by atoms with E-state index in [1.165, 1.54) is 6.92 Å². The Labute approximate surface area is 84.9 Å². The first kappa shape index (κ1) is 11.0. The van der Waals surface area contributed by atoms with Gasteiger partial charge in [-0.15, -0.1) is 5.10 Å². The van der Waals surface area contributed by atoms with Crippen molar-refractivity contribution in [3.63, 3.8) is 0 Å². The molecule has 1 atom stereocenters. The number of hydrogen-bond acceptors (Lipinski definition) is 5. The monoisotopic (exact) mass is 213 g/mol. The van der Waals surface area contributed by atoms with Crippen molar-refractivity contribution < 1.29 is 14.7 Å². The molecule has 0 spiro atoms. The average Bonchev–Trinajstić information content (AvgIpc) is 2.60. The second-order valence-electron chi connectivity index (χ2n) is 2.99. The molecule has 0 aliphatic rings. The van der Waals surface area contributed by atoms with Gasteiger partial charge in [0, 0.05) is 6.54 Å². The third-order valence-electron chi connectivity index (χ3n) is 1.71. The molecular weight excluding hydrogens is 202 g/mol. The zero-order valence-corrected chi connectivity index (χ0v) is 8.02. The number of nitrogens with one attached hydrogen (secondary N) is 2. The first-order valence-electron chi connectivity index (χ1n) is 4.19. The maximum absolute atomic E-state index is 11.3. The number of hydrogen-bond donors (Lipinski definition) is 4. The Morgan fingerprint density at radius 2 is 2.33 bits per heavy atom. The number of aliphatic carboxylic acids is 1. The van der Waals surface area contributed by atoms with Crippen molar-refractivity contribution in [3.8, 4) is 0 Å². The van der Waals surface area contributed by atoms with Crippen LogP contribution in [0.3, 0.4) is 0 Å². The summed E-state index contributed by atoms with van der Waals surface area (Å²) in [6, 6.07) is 0. The van der Waals surface area contributed by atoms with Crippen LogP contribution in [0.4, 0.5) is 5.95 Å². The smallest absolute Gasteiger partial charge is 0.308 e. The molecule has 0 radical (unpaired) electrons. The summed E-state index contributed by atoms with van der Waals surface area (Å²) >= 11 is 0. The Hall–Kier alpha value is -2.12. The number of carboxylic acid groups (broad SMARTS) is 1. The number of anilines is 1. The quantitative estimate of drug-likeness (QED) is 0.498. The second kappa shape index (κ2) is 4.40. The lowest BCUT2D eigenvalue weighted by Crippen LogP contribution is -2.32. The normalized spacial score (nSPS) is 12.1. The van der Waals surface area contributed by atoms with E-state index in [0.717, 1.165) is 0 Å². The zero-order chi connectivity index (χ0) is 11.4. The molecular formula is C7H11N5O3. The lowest BCUT2D eigenvalue weighted by molar-refractivity contribution is -0.140. The molecule has 1 aromatic heterocycles. The average molecular weight is 213 g/mol. The van der Waals surface area contributed by atoms with E-state index < -0.39 is 17.8 Å². The third kappa shape index (κ3) is 2.93. The number of carbonyl (C=O) groups excluding carboxylic acids is 1. The van der Waals surface area contributed by atoms with E-state index in [9.17, 15) is 9.59 Å². The van der Waals surface area contributed by atoms with Gasteiger partial charge in [-0.2, -0.15) is 4.98 Å². The molecule has 1 heterocycles. The van der Waals surface area contributed by atoms with Crippen LogP contribution in [0.1, 0.15) is 17.5 Å². The first-order chi connectivity index (χ1) is 7.00. The molecule has 0 aliphatic heterocycles. The summed E-state index contributed by atoms with van der Waals surface area (Å²) in [4.78, 5) is 25.3. The van der Waals surface area contributed by atoms with Gasteiger partial charge in [-0.3, -0.25) is 14.7 Å². The highest BCUT2D eigenvalue weighted by atomic mass is 16.4. The minimum atomic E-state index is -0.979. The SMILES string of the molecule is CC(CNC(=O)c1nc(N)n[nH]1)C(=O)O. The Morgan fingerprint density at radius 1 is 1.67 bits per heavy atom. The molecule has 8 nitrogen and oxygen atoms in total. The number of aromatic nitrogens is 3. The molecule has 1 aromatic rings. The van der Waals surface area contributed by atoms with Crippen molar-refractivity contribution in [3.05, 3.63) is 5.82 Å². The van der Waals surface area contributed by atoms with E-state index in [1.807, 2.05) is 0 Å². The molecule has 0 aliphatic carbocycles. The molecule has 0 saturated carbocycles. The van der Waals surface area contributed by atoms with Crippen molar-refractivity contribution in [2.75, 3.05) is 12.3 Å². The number of amides is 1. The molecule has 82 valence electrons. The van der Waals surface area contributed by atoms with E-state index in [-0.39, 0.29) is 18.3 Å². The molecule has 1 rings (SSSR count). The van der Waals surface area contributed by atoms with E-state index >= 15 is 0 Å². The number of carboxylic acids is 1. The summed E-state index contributed by atoms with van der Waals surface area (Å²) in [5, 5.41) is 16.7. The van der Waals surface area contributed by atoms with Gasteiger partial charge >= 0.3 is 5.97 Å². The fourth-order valence-corrected chi connectivity index (χ4v) is 0.793.